The number of hydrogen-bond acceptors (Lipinski definition) is 8. The van der Waals surface area contributed by atoms with Gasteiger partial charge in [-0.2, -0.15) is 0 Å². The van der Waals surface area contributed by atoms with Crippen LogP contribution in [0.4, 0.5) is 11.4 Å². The lowest BCUT2D eigenvalue weighted by atomic mass is 9.82. The lowest BCUT2D eigenvalue weighted by molar-refractivity contribution is -0.145. The highest BCUT2D eigenvalue weighted by molar-refractivity contribution is 6.71. The number of nitrogens with zero attached hydrogens (tertiary/aromatic N) is 4. The number of aryl methyl sites for hydroxylation is 1. The fourth-order valence-electron chi connectivity index (χ4n) is 8.76. The Morgan fingerprint density at radius 1 is 1.17 bits per heavy atom. The van der Waals surface area contributed by atoms with Crippen LogP contribution in [0.15, 0.2) is 78.0 Å². The molecule has 4 heterocycles. The van der Waals surface area contributed by atoms with Gasteiger partial charge in [0.25, 0.3) is 5.91 Å². The standard InChI is InChI=1S/C42H58N6O5Si/c1-28(2)12-10-13-29(3)19-23-48-37-18-17-33(44-40(50)32-16-11-21-43-25-32)24-35(37)42(41(48)51)30(4)39(54(5,6)52)38(53-42)20-22-47-26-36(45-46-47)34(27-49)31-14-8-7-9-15-31/h7-9,12,14-15,17-19,24,26,30,32,34,38-39,43,49,52H,10-11,13,16,20-23,25,27H2,1-6H3,(H,44,50)/b29-19+/t30-,32?,34?,38+,39-,42+/m1/s1. The van der Waals surface area contributed by atoms with Gasteiger partial charge >= 0.3 is 0 Å². The van der Waals surface area contributed by atoms with E-state index in [2.05, 4.69) is 53.9 Å². The molecule has 0 saturated carbocycles. The van der Waals surface area contributed by atoms with E-state index in [1.54, 1.807) is 4.68 Å². The van der Waals surface area contributed by atoms with Crippen molar-refractivity contribution in [1.82, 2.24) is 20.3 Å². The zero-order chi connectivity index (χ0) is 38.6. The van der Waals surface area contributed by atoms with Crippen molar-refractivity contribution in [2.24, 2.45) is 11.8 Å². The first-order valence-electron chi connectivity index (χ1n) is 19.6. The van der Waals surface area contributed by atoms with Crippen molar-refractivity contribution in [3.63, 3.8) is 0 Å². The minimum Gasteiger partial charge on any atom is -0.432 e. The molecule has 3 aliphatic heterocycles. The molecule has 4 N–H and O–H groups in total. The number of anilines is 2. The number of nitrogens with one attached hydrogen (secondary N) is 2. The fraction of sp³-hybridized carbons (Fsp3) is 0.524. The molecule has 6 rings (SSSR count). The van der Waals surface area contributed by atoms with Crippen LogP contribution in [0.1, 0.15) is 82.5 Å². The highest BCUT2D eigenvalue weighted by Gasteiger charge is 2.66. The Hall–Kier alpha value is -3.94. The van der Waals surface area contributed by atoms with Crippen molar-refractivity contribution >= 4 is 31.5 Å². The first kappa shape index (κ1) is 39.7. The molecule has 0 radical (unpaired) electrons. The molecular formula is C42H58N6O5Si. The van der Waals surface area contributed by atoms with E-state index in [-0.39, 0.29) is 41.7 Å². The van der Waals surface area contributed by atoms with Gasteiger partial charge in [0.1, 0.15) is 0 Å². The van der Waals surface area contributed by atoms with E-state index in [1.165, 1.54) is 11.1 Å². The normalized spacial score (nSPS) is 24.9. The average molecular weight is 755 g/mol. The van der Waals surface area contributed by atoms with Gasteiger partial charge < -0.3 is 30.2 Å². The highest BCUT2D eigenvalue weighted by atomic mass is 28.4. The van der Waals surface area contributed by atoms with Gasteiger partial charge in [-0.05, 0) is 96.3 Å². The van der Waals surface area contributed by atoms with Crippen LogP contribution in [0.5, 0.6) is 0 Å². The van der Waals surface area contributed by atoms with Crippen molar-refractivity contribution in [2.45, 2.75) is 103 Å². The second kappa shape index (κ2) is 16.8. The van der Waals surface area contributed by atoms with Crippen molar-refractivity contribution in [3.05, 3.63) is 94.8 Å². The number of carbonyl (C=O) groups excluding carboxylic acids is 2. The SMILES string of the molecule is CC(C)=CCC/C(C)=C/CN1C(=O)[C@@]2(O[C@@H](CCn3cc(C(CO)c4ccccc4)nn3)[C@H]([Si](C)(C)O)[C@H]2C)c2cc(NC(=O)C3CCCNC3)ccc21. The Labute approximate surface area is 321 Å². The number of fused-ring (bicyclic) bond motifs is 2. The molecule has 0 bridgehead atoms. The number of amides is 2. The summed E-state index contributed by atoms with van der Waals surface area (Å²) in [7, 11) is -2.91. The zero-order valence-corrected chi connectivity index (χ0v) is 33.7. The summed E-state index contributed by atoms with van der Waals surface area (Å²) in [6.45, 7) is 14.5. The number of piperidine rings is 1. The molecule has 290 valence electrons. The van der Waals surface area contributed by atoms with Crippen molar-refractivity contribution < 1.29 is 24.2 Å². The Bertz CT molecular complexity index is 1840. The van der Waals surface area contributed by atoms with E-state index in [0.717, 1.165) is 49.0 Å². The van der Waals surface area contributed by atoms with E-state index >= 15 is 0 Å². The maximum atomic E-state index is 15.0. The summed E-state index contributed by atoms with van der Waals surface area (Å²) < 4.78 is 8.86. The molecule has 3 aliphatic rings. The topological polar surface area (TPSA) is 142 Å². The van der Waals surface area contributed by atoms with Gasteiger partial charge in [-0.25, -0.2) is 0 Å². The van der Waals surface area contributed by atoms with Gasteiger partial charge in [-0.1, -0.05) is 65.8 Å². The zero-order valence-electron chi connectivity index (χ0n) is 32.7. The number of rotatable bonds is 14. The molecule has 54 heavy (non-hydrogen) atoms. The Morgan fingerprint density at radius 2 is 1.94 bits per heavy atom. The lowest BCUT2D eigenvalue weighted by Gasteiger charge is -2.32. The number of aliphatic hydroxyl groups is 1. The Kier molecular flexibility index (Phi) is 12.4. The molecule has 2 unspecified atom stereocenters. The summed E-state index contributed by atoms with van der Waals surface area (Å²) in [5, 5.41) is 25.5. The van der Waals surface area contributed by atoms with Crippen LogP contribution in [0, 0.1) is 11.8 Å². The third-order valence-corrected chi connectivity index (χ3v) is 14.1. The van der Waals surface area contributed by atoms with Gasteiger partial charge in [-0.3, -0.25) is 14.3 Å². The molecule has 3 aromatic rings. The summed E-state index contributed by atoms with van der Waals surface area (Å²) in [6.07, 6.45) is 9.91. The van der Waals surface area contributed by atoms with Crippen molar-refractivity contribution in [3.8, 4) is 0 Å². The predicted molar refractivity (Wildman–Crippen MR) is 215 cm³/mol. The lowest BCUT2D eigenvalue weighted by Crippen LogP contribution is -2.46. The molecule has 2 amide bonds. The molecule has 1 aromatic heterocycles. The van der Waals surface area contributed by atoms with E-state index in [4.69, 9.17) is 4.74 Å². The van der Waals surface area contributed by atoms with E-state index < -0.39 is 20.0 Å². The highest BCUT2D eigenvalue weighted by Crippen LogP contribution is 2.60. The third-order valence-electron chi connectivity index (χ3n) is 11.6. The quantitative estimate of drug-likeness (QED) is 0.112. The predicted octanol–water partition coefficient (Wildman–Crippen LogP) is 6.27. The molecular weight excluding hydrogens is 697 g/mol. The summed E-state index contributed by atoms with van der Waals surface area (Å²) in [5.74, 6) is -0.927. The molecule has 1 spiro atoms. The number of hydrogen-bond donors (Lipinski definition) is 4. The van der Waals surface area contributed by atoms with Crippen LogP contribution in [0.2, 0.25) is 18.6 Å². The van der Waals surface area contributed by atoms with E-state index in [9.17, 15) is 19.5 Å². The number of ether oxygens (including phenoxy) is 1. The number of carbonyl (C=O) groups is 2. The summed E-state index contributed by atoms with van der Waals surface area (Å²) in [4.78, 5) is 42.0. The molecule has 6 atom stereocenters. The van der Waals surface area contributed by atoms with Crippen molar-refractivity contribution in [2.75, 3.05) is 36.5 Å². The Balaban J connectivity index is 1.30. The van der Waals surface area contributed by atoms with Gasteiger partial charge in [0.05, 0.1) is 35.9 Å². The van der Waals surface area contributed by atoms with Crippen LogP contribution in [-0.4, -0.2) is 77.4 Å². The number of aromatic nitrogens is 3. The third kappa shape index (κ3) is 8.33. The summed E-state index contributed by atoms with van der Waals surface area (Å²) in [5.41, 5.74) is 4.66. The monoisotopic (exact) mass is 754 g/mol. The number of aliphatic hydroxyl groups excluding tert-OH is 1. The summed E-state index contributed by atoms with van der Waals surface area (Å²) in [6, 6.07) is 15.5. The maximum absolute atomic E-state index is 15.0. The van der Waals surface area contributed by atoms with Gasteiger partial charge in [0.15, 0.2) is 13.9 Å². The number of allylic oxidation sites excluding steroid dienone is 3. The minimum atomic E-state index is -2.91. The van der Waals surface area contributed by atoms with Crippen LogP contribution >= 0.6 is 0 Å². The first-order chi connectivity index (χ1) is 25.8. The van der Waals surface area contributed by atoms with Crippen molar-refractivity contribution in [1.29, 1.82) is 0 Å². The maximum Gasteiger partial charge on any atom is 0.264 e. The van der Waals surface area contributed by atoms with Crippen LogP contribution < -0.4 is 15.5 Å². The smallest absolute Gasteiger partial charge is 0.264 e. The molecule has 0 aliphatic carbocycles. The van der Waals surface area contributed by atoms with Gasteiger partial charge in [0.2, 0.25) is 5.91 Å². The van der Waals surface area contributed by atoms with E-state index in [1.807, 2.05) is 79.6 Å². The fourth-order valence-corrected chi connectivity index (χ4v) is 11.4. The molecule has 2 aromatic carbocycles. The molecule has 12 heteroatoms. The summed E-state index contributed by atoms with van der Waals surface area (Å²) >= 11 is 0. The molecule has 2 saturated heterocycles. The largest absolute Gasteiger partial charge is 0.432 e. The van der Waals surface area contributed by atoms with Gasteiger partial charge in [0, 0.05) is 48.5 Å². The van der Waals surface area contributed by atoms with Crippen LogP contribution in [-0.2, 0) is 26.5 Å². The van der Waals surface area contributed by atoms with Crippen LogP contribution in [0.3, 0.4) is 0 Å². The minimum absolute atomic E-state index is 0.0322. The molecule has 11 nitrogen and oxygen atoms in total. The Morgan fingerprint density at radius 3 is 2.63 bits per heavy atom. The van der Waals surface area contributed by atoms with Crippen LogP contribution in [0.25, 0.3) is 0 Å². The van der Waals surface area contributed by atoms with E-state index in [0.29, 0.717) is 37.4 Å². The second-order valence-electron chi connectivity index (χ2n) is 16.3. The first-order valence-corrected chi connectivity index (χ1v) is 22.6. The van der Waals surface area contributed by atoms with Gasteiger partial charge in [-0.15, -0.1) is 5.10 Å². The average Bonchev–Trinajstić information content (AvgIpc) is 3.80. The second-order valence-corrected chi connectivity index (χ2v) is 20.2. The molecule has 2 fully saturated rings. The number of benzene rings is 2.